The molecule has 3 aliphatic heterocycles. The number of amides is 2. The molecule has 2 amide bonds. The number of nitrogens with zero attached hydrogens (tertiary/aromatic N) is 6. The van der Waals surface area contributed by atoms with E-state index < -0.39 is 111 Å². The zero-order valence-corrected chi connectivity index (χ0v) is 33.4. The van der Waals surface area contributed by atoms with Gasteiger partial charge in [-0.2, -0.15) is 0 Å². The summed E-state index contributed by atoms with van der Waals surface area (Å²) < 4.78 is 69.0. The monoisotopic (exact) mass is 870 g/mol. The molecule has 7 heterocycles. The average Bonchev–Trinajstić information content (AvgIpc) is 3.87. The van der Waals surface area contributed by atoms with Gasteiger partial charge in [0.1, 0.15) is 0 Å². The number of thiol groups is 2. The van der Waals surface area contributed by atoms with E-state index in [0.29, 0.717) is 0 Å². The van der Waals surface area contributed by atoms with E-state index in [0.717, 1.165) is 22.0 Å². The summed E-state index contributed by atoms with van der Waals surface area (Å²) >= 11 is 8.25. The summed E-state index contributed by atoms with van der Waals surface area (Å²) in [6.07, 6.45) is -11.8. The van der Waals surface area contributed by atoms with Gasteiger partial charge in [-0.15, -0.1) is 0 Å². The van der Waals surface area contributed by atoms with Crippen LogP contribution in [0.2, 0.25) is 0 Å². The molecule has 3 fully saturated rings. The molecule has 0 spiro atoms. The quantitative estimate of drug-likeness (QED) is 0.0980. The summed E-state index contributed by atoms with van der Waals surface area (Å²) in [5.41, 5.74) is 2.90. The third-order valence-corrected chi connectivity index (χ3v) is 12.6. The molecule has 22 nitrogen and oxygen atoms in total. The summed E-state index contributed by atoms with van der Waals surface area (Å²) in [6, 6.07) is 0. The van der Waals surface area contributed by atoms with Gasteiger partial charge in [0.2, 0.25) is 0 Å². The second-order valence-electron chi connectivity index (χ2n) is 13.7. The molecule has 28 heteroatoms. The number of aromatic amines is 2. The zero-order valence-electron chi connectivity index (χ0n) is 29.7. The first-order chi connectivity index (χ1) is 26.3. The maximum atomic E-state index is 16.3. The first-order valence-electron chi connectivity index (χ1n) is 17.0. The van der Waals surface area contributed by atoms with Crippen LogP contribution in [0.3, 0.4) is 0 Å². The normalized spacial score (nSPS) is 30.4. The van der Waals surface area contributed by atoms with Crippen LogP contribution in [-0.2, 0) is 37.2 Å². The van der Waals surface area contributed by atoms with Gasteiger partial charge in [0.25, 0.3) is 0 Å². The van der Waals surface area contributed by atoms with E-state index in [2.05, 4.69) is 65.3 Å². The Morgan fingerprint density at radius 3 is 1.52 bits per heavy atom. The van der Waals surface area contributed by atoms with Crippen LogP contribution in [0.15, 0.2) is 22.2 Å². The van der Waals surface area contributed by atoms with Crippen LogP contribution < -0.4 is 22.0 Å². The van der Waals surface area contributed by atoms with E-state index in [1.807, 2.05) is 0 Å². The number of rotatable bonds is 6. The molecule has 56 heavy (non-hydrogen) atoms. The number of fused-ring (bicyclic) bond motifs is 4. The van der Waals surface area contributed by atoms with Crippen molar-refractivity contribution in [3.8, 4) is 0 Å². The second-order valence-corrected chi connectivity index (χ2v) is 20.3. The molecule has 4 aromatic rings. The number of carbonyl (C=O) groups is 2. The van der Waals surface area contributed by atoms with Crippen molar-refractivity contribution in [3.63, 3.8) is 0 Å². The van der Waals surface area contributed by atoms with Gasteiger partial charge in [0.15, 0.2) is 0 Å². The van der Waals surface area contributed by atoms with Gasteiger partial charge in [-0.3, -0.25) is 0 Å². The zero-order chi connectivity index (χ0) is 40.4. The Hall–Kier alpha value is -3.26. The van der Waals surface area contributed by atoms with Gasteiger partial charge in [0, 0.05) is 0 Å². The molecule has 3 aliphatic rings. The number of hydrogen-bond acceptors (Lipinski definition) is 18. The van der Waals surface area contributed by atoms with E-state index in [9.17, 15) is 29.0 Å². The van der Waals surface area contributed by atoms with Gasteiger partial charge in [-0.05, 0) is 0 Å². The Labute approximate surface area is 324 Å². The minimum absolute atomic E-state index is 0.126. The fourth-order valence-corrected chi connectivity index (χ4v) is 9.35. The van der Waals surface area contributed by atoms with Crippen LogP contribution in [0.1, 0.15) is 51.6 Å². The van der Waals surface area contributed by atoms with Crippen LogP contribution in [-0.4, -0.2) is 111 Å². The van der Waals surface area contributed by atoms with Crippen LogP contribution in [0.25, 0.3) is 22.3 Å². The molecule has 6 N–H and O–H groups in total. The topological polar surface area (TPSA) is 281 Å². The molecule has 7 rings (SSSR count). The van der Waals surface area contributed by atoms with Gasteiger partial charge in [-0.25, -0.2) is 0 Å². The van der Waals surface area contributed by atoms with Crippen molar-refractivity contribution < 1.29 is 55.7 Å². The number of ether oxygens (including phenoxy) is 2. The number of imidazole rings is 2. The summed E-state index contributed by atoms with van der Waals surface area (Å²) in [7, 11) is -9.37. The Bertz CT molecular complexity index is 2120. The molecule has 0 aliphatic carbocycles. The summed E-state index contributed by atoms with van der Waals surface area (Å²) in [5.74, 6) is -2.42. The van der Waals surface area contributed by atoms with Crippen LogP contribution in [0, 0.1) is 11.8 Å². The van der Waals surface area contributed by atoms with E-state index in [-0.39, 0.29) is 34.0 Å². The molecule has 3 saturated heterocycles. The van der Waals surface area contributed by atoms with Gasteiger partial charge >= 0.3 is 325 Å². The molecule has 308 valence electrons. The maximum absolute atomic E-state index is 16.3. The number of hydrogen-bond donors (Lipinski definition) is 8. The molecule has 0 saturated carbocycles. The Kier molecular flexibility index (Phi) is 11.3. The van der Waals surface area contributed by atoms with Gasteiger partial charge in [0.05, 0.1) is 0 Å². The molecular formula is C28H38F2N10O12P2S2. The SMILES string of the molecule is CC(C)C(=O)Nn1cnc2c(=O)[nH]c(C3OC4CO[PH](O)(S)OC5C(CO[PH](O)(S)OC4C3F)OC(c3nc4c(ncn4NC(=O)C(C)C)c(=O)[nH]3)C5F)nc21. The van der Waals surface area contributed by atoms with Crippen LogP contribution >= 0.6 is 38.8 Å². The number of H-pyrrole nitrogens is 2. The first-order valence-corrected chi connectivity index (χ1v) is 23.1. The fraction of sp³-hybridized carbons (Fsp3) is 0.571. The Morgan fingerprint density at radius 1 is 0.786 bits per heavy atom. The molecule has 8 unspecified atom stereocenters. The van der Waals surface area contributed by atoms with Crippen molar-refractivity contribution in [2.75, 3.05) is 24.1 Å². The molecular weight excluding hydrogens is 832 g/mol. The number of aromatic nitrogens is 8. The van der Waals surface area contributed by atoms with E-state index >= 15 is 8.78 Å². The molecule has 0 bridgehead atoms. The van der Waals surface area contributed by atoms with E-state index in [1.54, 1.807) is 27.7 Å². The van der Waals surface area contributed by atoms with Crippen molar-refractivity contribution in [1.29, 1.82) is 0 Å². The molecule has 0 aromatic carbocycles. The number of halogens is 2. The predicted molar refractivity (Wildman–Crippen MR) is 200 cm³/mol. The molecule has 0 radical (unpaired) electrons. The van der Waals surface area contributed by atoms with Crippen molar-refractivity contribution >= 4 is 72.9 Å². The minimum atomic E-state index is -4.68. The Balaban J connectivity index is 1.14. The average molecular weight is 871 g/mol. The summed E-state index contributed by atoms with van der Waals surface area (Å²) in [5, 5.41) is 0. The number of nitrogens with one attached hydrogen (secondary N) is 4. The Morgan fingerprint density at radius 2 is 1.16 bits per heavy atom. The first kappa shape index (κ1) is 40.9. The van der Waals surface area contributed by atoms with Crippen molar-refractivity contribution in [3.05, 3.63) is 45.0 Å². The third kappa shape index (κ3) is 8.07. The fourth-order valence-electron chi connectivity index (χ4n) is 6.00. The van der Waals surface area contributed by atoms with E-state index in [1.165, 1.54) is 0 Å². The number of carbonyl (C=O) groups excluding carboxylic acids is 2. The second kappa shape index (κ2) is 15.5. The predicted octanol–water partition coefficient (Wildman–Crippen LogP) is 0.742. The summed E-state index contributed by atoms with van der Waals surface area (Å²) in [6.45, 7) is 5.14. The van der Waals surface area contributed by atoms with Gasteiger partial charge < -0.3 is 0 Å². The van der Waals surface area contributed by atoms with Crippen LogP contribution in [0.4, 0.5) is 8.78 Å². The number of alkyl halides is 2. The standard InChI is InChI=1S/C28H38F2N10O12P2S2/c1-9(2)25(41)37-39-7-31-15-23(39)33-21(35-27(15)43)19-13(29)17-11(49-19)5-47-54(46,56)52-18-12(6-48-53(45,55)51-17)50-20(14(18)30)22-34-24-16(28(44)36-22)32-8-40(24)38-26(42)10(3)4/h7-14,17-20,45-46,53-56H,5-6H2,1-4H3,(H,37,41)(H,38,42)(H,33,35,43)(H,34,36,44). The van der Waals surface area contributed by atoms with Crippen molar-refractivity contribution in [2.45, 2.75) is 76.7 Å². The molecule has 8 atom stereocenters. The van der Waals surface area contributed by atoms with E-state index in [4.69, 9.17) is 27.6 Å². The van der Waals surface area contributed by atoms with Crippen molar-refractivity contribution in [1.82, 2.24) is 39.3 Å². The van der Waals surface area contributed by atoms with Crippen molar-refractivity contribution in [2.24, 2.45) is 11.8 Å². The molecule has 4 aromatic heterocycles. The van der Waals surface area contributed by atoms with Gasteiger partial charge in [-0.1, -0.05) is 0 Å². The van der Waals surface area contributed by atoms with Crippen LogP contribution in [0.5, 0.6) is 0 Å². The third-order valence-electron chi connectivity index (χ3n) is 8.93. The summed E-state index contributed by atoms with van der Waals surface area (Å²) in [4.78, 5) is 94.1.